The minimum atomic E-state index is -0.575. The number of para-hydroxylation sites is 1. The van der Waals surface area contributed by atoms with Gasteiger partial charge in [0.25, 0.3) is 0 Å². The minimum absolute atomic E-state index is 0.0170. The first-order valence-electron chi connectivity index (χ1n) is 7.90. The normalized spacial score (nSPS) is 17.6. The van der Waals surface area contributed by atoms with Gasteiger partial charge in [-0.25, -0.2) is 0 Å². The molecule has 1 saturated heterocycles. The summed E-state index contributed by atoms with van der Waals surface area (Å²) in [7, 11) is 1.31. The SMILES string of the molecule is COC(=O)Cc1ccccc1NC(=O)CC1S/C(=N/N=C(C)C)NC1=O. The zero-order valence-electron chi connectivity index (χ0n) is 14.7. The Morgan fingerprint density at radius 1 is 1.31 bits per heavy atom. The van der Waals surface area contributed by atoms with Crippen molar-refractivity contribution in [3.8, 4) is 0 Å². The summed E-state index contributed by atoms with van der Waals surface area (Å²) in [6.07, 6.45) is 0.0354. The van der Waals surface area contributed by atoms with Crippen molar-refractivity contribution in [3.63, 3.8) is 0 Å². The number of benzene rings is 1. The number of esters is 1. The van der Waals surface area contributed by atoms with Gasteiger partial charge in [0, 0.05) is 17.8 Å². The van der Waals surface area contributed by atoms with Gasteiger partial charge in [-0.2, -0.15) is 5.10 Å². The molecule has 138 valence electrons. The third-order valence-corrected chi connectivity index (χ3v) is 4.41. The summed E-state index contributed by atoms with van der Waals surface area (Å²) in [5, 5.41) is 13.0. The highest BCUT2D eigenvalue weighted by atomic mass is 32.2. The Labute approximate surface area is 155 Å². The number of hydrogen-bond acceptors (Lipinski definition) is 7. The first kappa shape index (κ1) is 19.6. The predicted molar refractivity (Wildman–Crippen MR) is 101 cm³/mol. The summed E-state index contributed by atoms with van der Waals surface area (Å²) in [4.78, 5) is 35.7. The molecule has 0 saturated carbocycles. The van der Waals surface area contributed by atoms with Crippen molar-refractivity contribution >= 4 is 46.1 Å². The van der Waals surface area contributed by atoms with E-state index in [1.54, 1.807) is 38.1 Å². The average molecular weight is 376 g/mol. The lowest BCUT2D eigenvalue weighted by atomic mass is 10.1. The van der Waals surface area contributed by atoms with Gasteiger partial charge in [0.2, 0.25) is 11.8 Å². The van der Waals surface area contributed by atoms with Gasteiger partial charge < -0.3 is 15.4 Å². The molecule has 0 bridgehead atoms. The van der Waals surface area contributed by atoms with Crippen LogP contribution in [-0.2, 0) is 25.5 Å². The van der Waals surface area contributed by atoms with Gasteiger partial charge in [-0.15, -0.1) is 5.10 Å². The number of ether oxygens (including phenoxy) is 1. The van der Waals surface area contributed by atoms with Gasteiger partial charge in [0.05, 0.1) is 13.5 Å². The van der Waals surface area contributed by atoms with Gasteiger partial charge >= 0.3 is 5.97 Å². The zero-order chi connectivity index (χ0) is 19.1. The highest BCUT2D eigenvalue weighted by molar-refractivity contribution is 8.15. The van der Waals surface area contributed by atoms with E-state index in [0.29, 0.717) is 16.4 Å². The molecule has 1 aromatic carbocycles. The molecule has 1 unspecified atom stereocenters. The maximum atomic E-state index is 12.3. The van der Waals surface area contributed by atoms with Crippen LogP contribution in [-0.4, -0.2) is 41.0 Å². The Morgan fingerprint density at radius 2 is 2.04 bits per heavy atom. The van der Waals surface area contributed by atoms with E-state index in [9.17, 15) is 14.4 Å². The Balaban J connectivity index is 1.99. The number of methoxy groups -OCH3 is 1. The molecule has 26 heavy (non-hydrogen) atoms. The summed E-state index contributed by atoms with van der Waals surface area (Å²) in [6.45, 7) is 3.59. The summed E-state index contributed by atoms with van der Waals surface area (Å²) >= 11 is 1.17. The van der Waals surface area contributed by atoms with Crippen molar-refractivity contribution in [2.75, 3.05) is 12.4 Å². The molecular weight excluding hydrogens is 356 g/mol. The van der Waals surface area contributed by atoms with Crippen LogP contribution in [0, 0.1) is 0 Å². The van der Waals surface area contributed by atoms with Gasteiger partial charge in [0.15, 0.2) is 5.17 Å². The highest BCUT2D eigenvalue weighted by Gasteiger charge is 2.32. The second-order valence-corrected chi connectivity index (χ2v) is 6.90. The Hall–Kier alpha value is -2.68. The molecule has 8 nitrogen and oxygen atoms in total. The quantitative estimate of drug-likeness (QED) is 0.446. The molecule has 1 aromatic rings. The van der Waals surface area contributed by atoms with Crippen molar-refractivity contribution in [2.24, 2.45) is 10.2 Å². The molecule has 0 aromatic heterocycles. The fourth-order valence-electron chi connectivity index (χ4n) is 2.13. The molecule has 1 heterocycles. The predicted octanol–water partition coefficient (Wildman–Crippen LogP) is 1.71. The molecule has 1 atom stereocenters. The molecule has 1 aliphatic rings. The number of anilines is 1. The van der Waals surface area contributed by atoms with Crippen molar-refractivity contribution in [3.05, 3.63) is 29.8 Å². The van der Waals surface area contributed by atoms with Crippen LogP contribution in [0.5, 0.6) is 0 Å². The standard InChI is InChI=1S/C17H20N4O4S/c1-10(2)20-21-17-19-16(24)13(26-17)9-14(22)18-12-7-5-4-6-11(12)8-15(23)25-3/h4-7,13H,8-9H2,1-3H3,(H,18,22)(H,19,21,24). The molecule has 2 amide bonds. The number of nitrogens with one attached hydrogen (secondary N) is 2. The van der Waals surface area contributed by atoms with E-state index in [4.69, 9.17) is 0 Å². The van der Waals surface area contributed by atoms with E-state index in [0.717, 1.165) is 5.71 Å². The number of amidine groups is 1. The van der Waals surface area contributed by atoms with Gasteiger partial charge in [-0.3, -0.25) is 14.4 Å². The molecule has 0 spiro atoms. The average Bonchev–Trinajstić information content (AvgIpc) is 2.94. The second-order valence-electron chi connectivity index (χ2n) is 5.71. The van der Waals surface area contributed by atoms with Gasteiger partial charge in [-0.1, -0.05) is 30.0 Å². The largest absolute Gasteiger partial charge is 0.469 e. The summed E-state index contributed by atoms with van der Waals surface area (Å²) < 4.78 is 4.66. The number of amides is 2. The van der Waals surface area contributed by atoms with Crippen LogP contribution in [0.25, 0.3) is 0 Å². The van der Waals surface area contributed by atoms with Crippen LogP contribution in [0.2, 0.25) is 0 Å². The minimum Gasteiger partial charge on any atom is -0.469 e. The summed E-state index contributed by atoms with van der Waals surface area (Å²) in [5.74, 6) is -1.01. The van der Waals surface area contributed by atoms with E-state index in [1.807, 2.05) is 0 Å². The number of thioether (sulfide) groups is 1. The first-order valence-corrected chi connectivity index (χ1v) is 8.78. The molecule has 1 fully saturated rings. The Bertz CT molecular complexity index is 772. The fourth-order valence-corrected chi connectivity index (χ4v) is 3.04. The zero-order valence-corrected chi connectivity index (χ0v) is 15.6. The topological polar surface area (TPSA) is 109 Å². The smallest absolute Gasteiger partial charge is 0.310 e. The molecule has 9 heteroatoms. The third-order valence-electron chi connectivity index (χ3n) is 3.34. The lowest BCUT2D eigenvalue weighted by Crippen LogP contribution is -2.28. The number of carbonyl (C=O) groups is 3. The van der Waals surface area contributed by atoms with Crippen LogP contribution in [0.15, 0.2) is 34.5 Å². The van der Waals surface area contributed by atoms with Crippen molar-refractivity contribution in [2.45, 2.75) is 31.9 Å². The van der Waals surface area contributed by atoms with Crippen LogP contribution >= 0.6 is 11.8 Å². The van der Waals surface area contributed by atoms with Crippen molar-refractivity contribution in [1.29, 1.82) is 0 Å². The number of hydrogen-bond donors (Lipinski definition) is 2. The number of rotatable bonds is 6. The molecule has 2 N–H and O–H groups in total. The lowest BCUT2D eigenvalue weighted by molar-refractivity contribution is -0.139. The van der Waals surface area contributed by atoms with E-state index in [2.05, 4.69) is 25.6 Å². The van der Waals surface area contributed by atoms with Gasteiger partial charge in [0.1, 0.15) is 5.25 Å². The fraction of sp³-hybridized carbons (Fsp3) is 0.353. The first-order chi connectivity index (χ1) is 12.4. The molecule has 2 rings (SSSR count). The van der Waals surface area contributed by atoms with E-state index >= 15 is 0 Å². The number of nitrogens with zero attached hydrogens (tertiary/aromatic N) is 2. The molecule has 1 aliphatic heterocycles. The van der Waals surface area contributed by atoms with Crippen LogP contribution in [0.4, 0.5) is 5.69 Å². The summed E-state index contributed by atoms with van der Waals surface area (Å²) in [6, 6.07) is 6.96. The van der Waals surface area contributed by atoms with Crippen LogP contribution in [0.1, 0.15) is 25.8 Å². The number of carbonyl (C=O) groups excluding carboxylic acids is 3. The molecule has 0 radical (unpaired) electrons. The summed E-state index contributed by atoms with van der Waals surface area (Å²) in [5.41, 5.74) is 1.92. The van der Waals surface area contributed by atoms with E-state index in [-0.39, 0.29) is 24.7 Å². The van der Waals surface area contributed by atoms with E-state index in [1.165, 1.54) is 18.9 Å². The second kappa shape index (κ2) is 9.14. The Morgan fingerprint density at radius 3 is 2.73 bits per heavy atom. The van der Waals surface area contributed by atoms with Gasteiger partial charge in [-0.05, 0) is 25.5 Å². The maximum Gasteiger partial charge on any atom is 0.310 e. The monoisotopic (exact) mass is 376 g/mol. The third kappa shape index (κ3) is 5.69. The van der Waals surface area contributed by atoms with Crippen molar-refractivity contribution < 1.29 is 19.1 Å². The molecular formula is C17H20N4O4S. The Kier molecular flexibility index (Phi) is 6.90. The molecule has 0 aliphatic carbocycles. The van der Waals surface area contributed by atoms with E-state index < -0.39 is 11.2 Å². The highest BCUT2D eigenvalue weighted by Crippen LogP contribution is 2.24. The lowest BCUT2D eigenvalue weighted by Gasteiger charge is -2.11. The van der Waals surface area contributed by atoms with Crippen molar-refractivity contribution in [1.82, 2.24) is 5.32 Å². The van der Waals surface area contributed by atoms with Crippen LogP contribution < -0.4 is 10.6 Å². The van der Waals surface area contributed by atoms with Crippen LogP contribution in [0.3, 0.4) is 0 Å². The maximum absolute atomic E-state index is 12.3.